The van der Waals surface area contributed by atoms with E-state index in [1.54, 1.807) is 0 Å². The fourth-order valence-electron chi connectivity index (χ4n) is 2.79. The van der Waals surface area contributed by atoms with Gasteiger partial charge in [0.2, 0.25) is 0 Å². The number of benzene rings is 3. The van der Waals surface area contributed by atoms with Gasteiger partial charge >= 0.3 is 0 Å². The Labute approximate surface area is 198 Å². The second-order valence-corrected chi connectivity index (χ2v) is 8.56. The first-order chi connectivity index (χ1) is 14.5. The van der Waals surface area contributed by atoms with E-state index in [4.69, 9.17) is 21.1 Å². The normalized spacial score (nSPS) is 11.1. The van der Waals surface area contributed by atoms with E-state index in [1.807, 2.05) is 73.7 Å². The summed E-state index contributed by atoms with van der Waals surface area (Å²) in [6.45, 7) is 2.80. The van der Waals surface area contributed by atoms with Gasteiger partial charge in [-0.2, -0.15) is 5.26 Å². The molecule has 0 amide bonds. The summed E-state index contributed by atoms with van der Waals surface area (Å²) in [5, 5.41) is 10.3. The van der Waals surface area contributed by atoms with Crippen molar-refractivity contribution in [3.8, 4) is 17.6 Å². The summed E-state index contributed by atoms with van der Waals surface area (Å²) in [7, 11) is 0. The summed E-state index contributed by atoms with van der Waals surface area (Å²) < 4.78 is 13.5. The van der Waals surface area contributed by atoms with E-state index < -0.39 is 0 Å². The van der Waals surface area contributed by atoms with Crippen LogP contribution in [-0.2, 0) is 6.61 Å². The third-order valence-electron chi connectivity index (χ3n) is 4.21. The van der Waals surface area contributed by atoms with Crippen LogP contribution < -0.4 is 9.47 Å². The molecule has 3 aromatic rings. The van der Waals surface area contributed by atoms with Gasteiger partial charge in [-0.1, -0.05) is 51.8 Å². The summed E-state index contributed by atoms with van der Waals surface area (Å²) >= 11 is 12.9. The monoisotopic (exact) mass is 545 g/mol. The Bertz CT molecular complexity index is 1090. The van der Waals surface area contributed by atoms with E-state index in [2.05, 4.69) is 37.9 Å². The zero-order chi connectivity index (χ0) is 21.5. The first-order valence-corrected chi connectivity index (χ1v) is 11.2. The van der Waals surface area contributed by atoms with Crippen LogP contribution in [-0.4, -0.2) is 6.61 Å². The molecule has 0 fully saturated rings. The molecule has 30 heavy (non-hydrogen) atoms. The minimum absolute atomic E-state index is 0.382. The van der Waals surface area contributed by atoms with Gasteiger partial charge in [0.25, 0.3) is 0 Å². The average molecular weight is 548 g/mol. The van der Waals surface area contributed by atoms with Crippen molar-refractivity contribution in [2.75, 3.05) is 6.61 Å². The second-order valence-electron chi connectivity index (χ2n) is 6.35. The van der Waals surface area contributed by atoms with E-state index in [9.17, 15) is 5.26 Å². The quantitative estimate of drug-likeness (QED) is 0.223. The van der Waals surface area contributed by atoms with Gasteiger partial charge in [0.1, 0.15) is 6.61 Å². The van der Waals surface area contributed by atoms with Crippen LogP contribution >= 0.6 is 43.5 Å². The van der Waals surface area contributed by atoms with Crippen molar-refractivity contribution < 1.29 is 9.47 Å². The molecule has 0 N–H and O–H groups in total. The van der Waals surface area contributed by atoms with Gasteiger partial charge in [0.15, 0.2) is 11.5 Å². The first kappa shape index (κ1) is 22.4. The Morgan fingerprint density at radius 1 is 1.03 bits per heavy atom. The van der Waals surface area contributed by atoms with E-state index >= 15 is 0 Å². The van der Waals surface area contributed by atoms with Crippen molar-refractivity contribution in [3.05, 3.63) is 91.3 Å². The summed E-state index contributed by atoms with van der Waals surface area (Å²) in [6, 6.07) is 21.2. The molecular formula is C24H18Br2ClNO2. The lowest BCUT2D eigenvalue weighted by atomic mass is 10.0. The maximum Gasteiger partial charge on any atom is 0.175 e. The lowest BCUT2D eigenvalue weighted by Gasteiger charge is -2.15. The Morgan fingerprint density at radius 3 is 2.37 bits per heavy atom. The van der Waals surface area contributed by atoms with Gasteiger partial charge < -0.3 is 9.47 Å². The zero-order valence-corrected chi connectivity index (χ0v) is 20.1. The van der Waals surface area contributed by atoms with Gasteiger partial charge in [0, 0.05) is 9.50 Å². The molecule has 3 aromatic carbocycles. The van der Waals surface area contributed by atoms with Crippen LogP contribution in [0, 0.1) is 11.3 Å². The molecule has 0 unspecified atom stereocenters. The molecule has 0 aliphatic carbocycles. The van der Waals surface area contributed by atoms with E-state index in [-0.39, 0.29) is 0 Å². The van der Waals surface area contributed by atoms with Crippen molar-refractivity contribution in [3.63, 3.8) is 0 Å². The fourth-order valence-corrected chi connectivity index (χ4v) is 3.75. The summed E-state index contributed by atoms with van der Waals surface area (Å²) in [6.07, 6.45) is 1.83. The van der Waals surface area contributed by atoms with Gasteiger partial charge in [0.05, 0.1) is 22.7 Å². The minimum atomic E-state index is 0.382. The molecule has 0 aliphatic heterocycles. The van der Waals surface area contributed by atoms with Gasteiger partial charge in [-0.05, 0) is 82.0 Å². The summed E-state index contributed by atoms with van der Waals surface area (Å²) in [5.41, 5.74) is 3.24. The molecule has 0 radical (unpaired) electrons. The van der Waals surface area contributed by atoms with Gasteiger partial charge in [-0.25, -0.2) is 0 Å². The number of ether oxygens (including phenoxy) is 2. The van der Waals surface area contributed by atoms with Crippen LogP contribution in [0.4, 0.5) is 0 Å². The highest BCUT2D eigenvalue weighted by atomic mass is 79.9. The van der Waals surface area contributed by atoms with Crippen molar-refractivity contribution >= 4 is 55.1 Å². The molecule has 6 heteroatoms. The SMILES string of the molecule is CCOc1cc(/C=C(/C#N)c2ccc(Br)cc2)cc(Br)c1OCc1ccc(Cl)cc1. The van der Waals surface area contributed by atoms with Crippen LogP contribution in [0.25, 0.3) is 11.6 Å². The molecule has 0 spiro atoms. The first-order valence-electron chi connectivity index (χ1n) is 9.21. The maximum atomic E-state index is 9.63. The van der Waals surface area contributed by atoms with Crippen LogP contribution in [0.15, 0.2) is 69.6 Å². The predicted molar refractivity (Wildman–Crippen MR) is 129 cm³/mol. The lowest BCUT2D eigenvalue weighted by molar-refractivity contribution is 0.267. The maximum absolute atomic E-state index is 9.63. The largest absolute Gasteiger partial charge is 0.490 e. The fraction of sp³-hybridized carbons (Fsp3) is 0.125. The van der Waals surface area contributed by atoms with Crippen molar-refractivity contribution in [2.45, 2.75) is 13.5 Å². The van der Waals surface area contributed by atoms with Crippen LogP contribution in [0.1, 0.15) is 23.6 Å². The number of allylic oxidation sites excluding steroid dienone is 1. The van der Waals surface area contributed by atoms with E-state index in [0.717, 1.165) is 25.6 Å². The third kappa shape index (κ3) is 5.89. The Balaban J connectivity index is 1.90. The second kappa shape index (κ2) is 10.7. The molecule has 0 heterocycles. The molecule has 0 bridgehead atoms. The summed E-state index contributed by atoms with van der Waals surface area (Å²) in [4.78, 5) is 0. The number of hydrogen-bond donors (Lipinski definition) is 0. The van der Waals surface area contributed by atoms with Crippen LogP contribution in [0.2, 0.25) is 5.02 Å². The van der Waals surface area contributed by atoms with Crippen LogP contribution in [0.3, 0.4) is 0 Å². The zero-order valence-electron chi connectivity index (χ0n) is 16.2. The highest BCUT2D eigenvalue weighted by molar-refractivity contribution is 9.10. The number of nitrogens with zero attached hydrogens (tertiary/aromatic N) is 1. The standard InChI is InChI=1S/C24H18Br2ClNO2/c1-2-29-23-13-17(11-19(14-28)18-5-7-20(25)8-6-18)12-22(26)24(23)30-15-16-3-9-21(27)10-4-16/h3-13H,2,15H2,1H3/b19-11-. The summed E-state index contributed by atoms with van der Waals surface area (Å²) in [5.74, 6) is 1.23. The minimum Gasteiger partial charge on any atom is -0.490 e. The molecule has 0 aromatic heterocycles. The highest BCUT2D eigenvalue weighted by Crippen LogP contribution is 2.38. The smallest absolute Gasteiger partial charge is 0.175 e. The number of halogens is 3. The molecule has 3 nitrogen and oxygen atoms in total. The van der Waals surface area contributed by atoms with Gasteiger partial charge in [-0.3, -0.25) is 0 Å². The Morgan fingerprint density at radius 2 is 1.73 bits per heavy atom. The molecular weight excluding hydrogens is 530 g/mol. The molecule has 3 rings (SSSR count). The third-order valence-corrected chi connectivity index (χ3v) is 5.58. The lowest BCUT2D eigenvalue weighted by Crippen LogP contribution is -2.01. The Kier molecular flexibility index (Phi) is 7.98. The molecule has 0 saturated heterocycles. The topological polar surface area (TPSA) is 42.2 Å². The number of rotatable bonds is 7. The Hall–Kier alpha value is -2.26. The number of hydrogen-bond acceptors (Lipinski definition) is 3. The van der Waals surface area contributed by atoms with Crippen LogP contribution in [0.5, 0.6) is 11.5 Å². The molecule has 0 saturated carbocycles. The van der Waals surface area contributed by atoms with Crippen molar-refractivity contribution in [1.29, 1.82) is 5.26 Å². The molecule has 152 valence electrons. The van der Waals surface area contributed by atoms with E-state index in [1.165, 1.54) is 0 Å². The van der Waals surface area contributed by atoms with Crippen molar-refractivity contribution in [2.24, 2.45) is 0 Å². The van der Waals surface area contributed by atoms with Crippen molar-refractivity contribution in [1.82, 2.24) is 0 Å². The van der Waals surface area contributed by atoms with Gasteiger partial charge in [-0.15, -0.1) is 0 Å². The average Bonchev–Trinajstić information content (AvgIpc) is 2.73. The molecule has 0 aliphatic rings. The van der Waals surface area contributed by atoms with E-state index in [0.29, 0.717) is 35.3 Å². The predicted octanol–water partition coefficient (Wildman–Crippen LogP) is 7.91. The number of nitriles is 1. The highest BCUT2D eigenvalue weighted by Gasteiger charge is 2.13. The molecule has 0 atom stereocenters.